The number of rotatable bonds is 9. The van der Waals surface area contributed by atoms with E-state index in [0.29, 0.717) is 31.8 Å². The van der Waals surface area contributed by atoms with Crippen molar-refractivity contribution in [1.29, 1.82) is 0 Å². The third-order valence-electron chi connectivity index (χ3n) is 10.6. The summed E-state index contributed by atoms with van der Waals surface area (Å²) in [5, 5.41) is 19.4. The fraction of sp³-hybridized carbons (Fsp3) is 0.472. The van der Waals surface area contributed by atoms with Crippen molar-refractivity contribution < 1.29 is 24.2 Å². The van der Waals surface area contributed by atoms with E-state index in [0.717, 1.165) is 16.8 Å². The zero-order valence-corrected chi connectivity index (χ0v) is 28.5. The van der Waals surface area contributed by atoms with Crippen LogP contribution in [-0.4, -0.2) is 95.5 Å². The molecule has 1 spiro atoms. The Hall–Kier alpha value is -4.16. The third-order valence-corrected chi connectivity index (χ3v) is 12.4. The van der Waals surface area contributed by atoms with Crippen LogP contribution in [0.2, 0.25) is 0 Å². The molecule has 4 aliphatic heterocycles. The molecule has 0 aliphatic carbocycles. The number of likely N-dealkylation sites (tertiary alicyclic amines) is 1. The molecular formula is C36H42N6O5S. The SMILES string of the molecule is CCOc1ccc(N2CC=C[C@@]3(C)S[C@]45C=CCN(Cn6nnc7ccccc76)C(=O)C4N([C@@H](CO)[C@@H](C)CC)C(=O)[C@@H]5[C@H]3C2=O)cc1. The van der Waals surface area contributed by atoms with Gasteiger partial charge in [0, 0.05) is 23.5 Å². The van der Waals surface area contributed by atoms with E-state index in [2.05, 4.69) is 16.4 Å². The molecule has 12 heteroatoms. The number of carbonyl (C=O) groups excluding carboxylic acids is 3. The van der Waals surface area contributed by atoms with Crippen molar-refractivity contribution in [2.45, 2.75) is 62.4 Å². The Bertz CT molecular complexity index is 1790. The highest BCUT2D eigenvalue weighted by atomic mass is 32.2. The number of aliphatic hydroxyl groups is 1. The predicted molar refractivity (Wildman–Crippen MR) is 184 cm³/mol. The lowest BCUT2D eigenvalue weighted by molar-refractivity contribution is -0.147. The summed E-state index contributed by atoms with van der Waals surface area (Å²) in [6.07, 6.45) is 8.72. The first-order chi connectivity index (χ1) is 23.2. The minimum Gasteiger partial charge on any atom is -0.494 e. The molecule has 0 radical (unpaired) electrons. The molecular weight excluding hydrogens is 629 g/mol. The standard InChI is InChI=1S/C36H42N6O5S/c1-5-23(3)28(21-43)42-31-34(46)39(22-41-27-12-8-7-11-26(27)37-38-41)19-10-18-36(31)30(33(42)45)29-32(44)40(20-9-17-35(29,4)48-36)24-13-15-25(16-14-24)47-6-2/h7-18,23,28-31,43H,5-6,19-22H2,1-4H3/t23-,28-,29-,30-,31?,35+,36-/m0/s1. The number of benzene rings is 2. The highest BCUT2D eigenvalue weighted by Gasteiger charge is 2.74. The summed E-state index contributed by atoms with van der Waals surface area (Å²) in [4.78, 5) is 49.8. The topological polar surface area (TPSA) is 121 Å². The molecule has 3 aromatic rings. The number of thioether (sulfide) groups is 1. The molecule has 1 unspecified atom stereocenters. The Morgan fingerprint density at radius 2 is 1.73 bits per heavy atom. The van der Waals surface area contributed by atoms with Crippen molar-refractivity contribution in [3.8, 4) is 5.75 Å². The van der Waals surface area contributed by atoms with Gasteiger partial charge in [-0.25, -0.2) is 4.68 Å². The molecule has 1 aromatic heterocycles. The summed E-state index contributed by atoms with van der Waals surface area (Å²) in [6.45, 7) is 9.01. The van der Waals surface area contributed by atoms with E-state index in [1.165, 1.54) is 11.8 Å². The van der Waals surface area contributed by atoms with Gasteiger partial charge in [0.1, 0.15) is 24.0 Å². The average Bonchev–Trinajstić information content (AvgIpc) is 3.62. The van der Waals surface area contributed by atoms with Crippen molar-refractivity contribution >= 4 is 46.2 Å². The molecule has 11 nitrogen and oxygen atoms in total. The van der Waals surface area contributed by atoms with Crippen LogP contribution in [-0.2, 0) is 21.1 Å². The van der Waals surface area contributed by atoms with E-state index in [4.69, 9.17) is 4.74 Å². The number of anilines is 1. The van der Waals surface area contributed by atoms with Crippen LogP contribution in [0.1, 0.15) is 34.1 Å². The minimum atomic E-state index is -1.03. The second-order valence-corrected chi connectivity index (χ2v) is 15.1. The summed E-state index contributed by atoms with van der Waals surface area (Å²) in [5.74, 6) is -1.57. The lowest BCUT2D eigenvalue weighted by Gasteiger charge is -2.41. The monoisotopic (exact) mass is 670 g/mol. The number of aliphatic hydroxyl groups excluding tert-OH is 1. The van der Waals surface area contributed by atoms with Crippen molar-refractivity contribution in [3.63, 3.8) is 0 Å². The van der Waals surface area contributed by atoms with E-state index in [1.807, 2.05) is 94.5 Å². The van der Waals surface area contributed by atoms with Crippen LogP contribution in [0, 0.1) is 17.8 Å². The molecule has 2 fully saturated rings. The second kappa shape index (κ2) is 12.4. The van der Waals surface area contributed by atoms with Crippen LogP contribution in [0.5, 0.6) is 5.75 Å². The maximum absolute atomic E-state index is 15.0. The number of aromatic nitrogens is 3. The van der Waals surface area contributed by atoms with Gasteiger partial charge >= 0.3 is 0 Å². The van der Waals surface area contributed by atoms with Gasteiger partial charge in [0.05, 0.1) is 41.4 Å². The molecule has 2 aromatic carbocycles. The first kappa shape index (κ1) is 32.4. The Kier molecular flexibility index (Phi) is 8.35. The number of ether oxygens (including phenoxy) is 1. The van der Waals surface area contributed by atoms with Crippen LogP contribution in [0.15, 0.2) is 72.8 Å². The summed E-state index contributed by atoms with van der Waals surface area (Å²) in [6, 6.07) is 13.5. The van der Waals surface area contributed by atoms with E-state index in [9.17, 15) is 19.5 Å². The van der Waals surface area contributed by atoms with Crippen molar-refractivity contribution in [2.24, 2.45) is 17.8 Å². The lowest BCUT2D eigenvalue weighted by Crippen LogP contribution is -2.58. The Balaban J connectivity index is 1.31. The molecule has 0 bridgehead atoms. The van der Waals surface area contributed by atoms with Crippen molar-refractivity contribution in [2.75, 3.05) is 31.2 Å². The molecule has 0 saturated carbocycles. The number of hydrogen-bond donors (Lipinski definition) is 1. The fourth-order valence-corrected chi connectivity index (χ4v) is 10.3. The van der Waals surface area contributed by atoms with Gasteiger partial charge in [0.25, 0.3) is 0 Å². The number of fused-ring (bicyclic) bond motifs is 3. The highest BCUT2D eigenvalue weighted by Crippen LogP contribution is 2.66. The third kappa shape index (κ3) is 4.94. The van der Waals surface area contributed by atoms with Gasteiger partial charge in [0.15, 0.2) is 0 Å². The molecule has 7 atom stereocenters. The zero-order valence-electron chi connectivity index (χ0n) is 27.7. The number of nitrogens with zero attached hydrogens (tertiary/aromatic N) is 6. The summed E-state index contributed by atoms with van der Waals surface area (Å²) < 4.78 is 5.54. The Morgan fingerprint density at radius 1 is 0.979 bits per heavy atom. The summed E-state index contributed by atoms with van der Waals surface area (Å²) >= 11 is 1.54. The molecule has 5 heterocycles. The molecule has 2 saturated heterocycles. The number of hydrogen-bond acceptors (Lipinski definition) is 8. The summed E-state index contributed by atoms with van der Waals surface area (Å²) in [7, 11) is 0. The van der Waals surface area contributed by atoms with Crippen molar-refractivity contribution in [1.82, 2.24) is 24.8 Å². The molecule has 252 valence electrons. The van der Waals surface area contributed by atoms with Gasteiger partial charge in [-0.15, -0.1) is 16.9 Å². The molecule has 48 heavy (non-hydrogen) atoms. The van der Waals surface area contributed by atoms with Gasteiger partial charge in [-0.1, -0.05) is 61.9 Å². The molecule has 1 N–H and O–H groups in total. The maximum Gasteiger partial charge on any atom is 0.248 e. The van der Waals surface area contributed by atoms with Crippen LogP contribution in [0.25, 0.3) is 11.0 Å². The highest BCUT2D eigenvalue weighted by molar-refractivity contribution is 8.02. The van der Waals surface area contributed by atoms with Crippen molar-refractivity contribution in [3.05, 3.63) is 72.8 Å². The number of amides is 3. The maximum atomic E-state index is 15.0. The van der Waals surface area contributed by atoms with Gasteiger partial charge < -0.3 is 24.5 Å². The number of carbonyl (C=O) groups is 3. The molecule has 4 aliphatic rings. The molecule has 3 amide bonds. The van der Waals surface area contributed by atoms with E-state index in [-0.39, 0.29) is 36.9 Å². The zero-order chi connectivity index (χ0) is 33.8. The second-order valence-electron chi connectivity index (χ2n) is 13.3. The first-order valence-electron chi connectivity index (χ1n) is 16.8. The van der Waals surface area contributed by atoms with Crippen LogP contribution < -0.4 is 9.64 Å². The first-order valence-corrected chi connectivity index (χ1v) is 17.6. The normalized spacial score (nSPS) is 29.5. The fourth-order valence-electron chi connectivity index (χ4n) is 8.11. The Morgan fingerprint density at radius 3 is 2.46 bits per heavy atom. The van der Waals surface area contributed by atoms with Gasteiger partial charge in [-0.2, -0.15) is 0 Å². The van der Waals surface area contributed by atoms with E-state index >= 15 is 0 Å². The minimum absolute atomic E-state index is 0.0796. The predicted octanol–water partition coefficient (Wildman–Crippen LogP) is 3.88. The number of para-hydroxylation sites is 1. The smallest absolute Gasteiger partial charge is 0.248 e. The van der Waals surface area contributed by atoms with E-state index < -0.39 is 33.4 Å². The van der Waals surface area contributed by atoms with Crippen LogP contribution in [0.4, 0.5) is 5.69 Å². The summed E-state index contributed by atoms with van der Waals surface area (Å²) in [5.41, 5.74) is 2.24. The lowest BCUT2D eigenvalue weighted by atomic mass is 9.74. The quantitative estimate of drug-likeness (QED) is 0.341. The largest absolute Gasteiger partial charge is 0.494 e. The van der Waals surface area contributed by atoms with Crippen LogP contribution in [0.3, 0.4) is 0 Å². The van der Waals surface area contributed by atoms with Crippen LogP contribution >= 0.6 is 11.8 Å². The average molecular weight is 671 g/mol. The Labute approximate surface area is 284 Å². The van der Waals surface area contributed by atoms with E-state index in [1.54, 1.807) is 19.4 Å². The van der Waals surface area contributed by atoms with Gasteiger partial charge in [-0.3, -0.25) is 14.4 Å². The van der Waals surface area contributed by atoms with Gasteiger partial charge in [-0.05, 0) is 56.2 Å². The molecule has 7 rings (SSSR count). The van der Waals surface area contributed by atoms with Gasteiger partial charge in [0.2, 0.25) is 17.7 Å².